The fourth-order valence-corrected chi connectivity index (χ4v) is 2.28. The smallest absolute Gasteiger partial charge is 0.0302 e. The van der Waals surface area contributed by atoms with Crippen LogP contribution in [0.25, 0.3) is 0 Å². The second-order valence-corrected chi connectivity index (χ2v) is 5.10. The molecule has 0 amide bonds. The first-order valence-corrected chi connectivity index (χ1v) is 6.63. The minimum Gasteiger partial charge on any atom is -0.327 e. The van der Waals surface area contributed by atoms with E-state index in [1.54, 1.807) is 11.3 Å². The number of hydrogen-bond acceptors (Lipinski definition) is 3. The van der Waals surface area contributed by atoms with E-state index < -0.39 is 0 Å². The van der Waals surface area contributed by atoms with Gasteiger partial charge in [-0.3, -0.25) is 0 Å². The van der Waals surface area contributed by atoms with E-state index in [-0.39, 0.29) is 6.04 Å². The van der Waals surface area contributed by atoms with Gasteiger partial charge in [0.2, 0.25) is 0 Å². The molecule has 0 aliphatic carbocycles. The van der Waals surface area contributed by atoms with Crippen molar-refractivity contribution in [1.82, 2.24) is 5.32 Å². The van der Waals surface area contributed by atoms with Gasteiger partial charge in [-0.2, -0.15) is 0 Å². The van der Waals surface area contributed by atoms with E-state index in [1.807, 2.05) is 0 Å². The maximum Gasteiger partial charge on any atom is 0.0302 e. The van der Waals surface area contributed by atoms with Gasteiger partial charge in [-0.15, -0.1) is 11.3 Å². The molecular weight excluding hydrogens is 204 g/mol. The van der Waals surface area contributed by atoms with E-state index in [0.717, 1.165) is 6.54 Å². The van der Waals surface area contributed by atoms with Gasteiger partial charge >= 0.3 is 0 Å². The fraction of sp³-hybridized carbons (Fsp3) is 0.667. The van der Waals surface area contributed by atoms with Gasteiger partial charge in [0.1, 0.15) is 0 Å². The van der Waals surface area contributed by atoms with Crippen LogP contribution in [-0.2, 0) is 6.54 Å². The summed E-state index contributed by atoms with van der Waals surface area (Å²) in [6, 6.07) is 4.94. The molecule has 86 valence electrons. The zero-order valence-corrected chi connectivity index (χ0v) is 10.5. The molecule has 1 aromatic heterocycles. The highest BCUT2D eigenvalue weighted by Gasteiger charge is 2.12. The molecule has 2 nitrogen and oxygen atoms in total. The third-order valence-corrected chi connectivity index (χ3v) is 3.50. The summed E-state index contributed by atoms with van der Waals surface area (Å²) in [6.07, 6.45) is 3.67. The summed E-state index contributed by atoms with van der Waals surface area (Å²) in [5.74, 6) is 0. The average molecular weight is 226 g/mol. The van der Waals surface area contributed by atoms with Crippen molar-refractivity contribution in [2.75, 3.05) is 0 Å². The summed E-state index contributed by atoms with van der Waals surface area (Å²) >= 11 is 1.80. The van der Waals surface area contributed by atoms with Crippen LogP contribution in [0, 0.1) is 0 Å². The predicted octanol–water partition coefficient (Wildman–Crippen LogP) is 2.74. The summed E-state index contributed by atoms with van der Waals surface area (Å²) in [5, 5.41) is 5.66. The molecule has 0 aliphatic heterocycles. The van der Waals surface area contributed by atoms with Crippen LogP contribution in [0.1, 0.15) is 38.0 Å². The van der Waals surface area contributed by atoms with E-state index in [1.165, 1.54) is 24.1 Å². The second-order valence-electron chi connectivity index (χ2n) is 4.07. The van der Waals surface area contributed by atoms with Crippen LogP contribution < -0.4 is 11.1 Å². The highest BCUT2D eigenvalue weighted by molar-refractivity contribution is 7.09. The Morgan fingerprint density at radius 1 is 1.53 bits per heavy atom. The van der Waals surface area contributed by atoms with E-state index in [9.17, 15) is 0 Å². The minimum absolute atomic E-state index is 0.233. The Kier molecular flexibility index (Phi) is 5.91. The largest absolute Gasteiger partial charge is 0.327 e. The summed E-state index contributed by atoms with van der Waals surface area (Å²) < 4.78 is 0. The molecule has 1 rings (SSSR count). The topological polar surface area (TPSA) is 38.0 Å². The van der Waals surface area contributed by atoms with Gasteiger partial charge < -0.3 is 11.1 Å². The zero-order chi connectivity index (χ0) is 11.1. The second kappa shape index (κ2) is 6.99. The summed E-state index contributed by atoms with van der Waals surface area (Å²) in [6.45, 7) is 5.26. The standard InChI is InChI=1S/C12H22N2S/c1-3-4-7-12(10(2)13)14-9-11-6-5-8-15-11/h5-6,8,10,12,14H,3-4,7,9,13H2,1-2H3/t10-,12-/m1/s1. The number of nitrogens with one attached hydrogen (secondary N) is 1. The Labute approximate surface area is 96.9 Å². The molecule has 1 aromatic rings. The molecule has 3 N–H and O–H groups in total. The van der Waals surface area contributed by atoms with Crippen molar-refractivity contribution in [3.63, 3.8) is 0 Å². The number of unbranched alkanes of at least 4 members (excludes halogenated alkanes) is 1. The van der Waals surface area contributed by atoms with Crippen LogP contribution >= 0.6 is 11.3 Å². The van der Waals surface area contributed by atoms with Gasteiger partial charge in [-0.25, -0.2) is 0 Å². The third kappa shape index (κ3) is 4.78. The quantitative estimate of drug-likeness (QED) is 0.750. The molecule has 15 heavy (non-hydrogen) atoms. The summed E-state index contributed by atoms with van der Waals surface area (Å²) in [4.78, 5) is 1.39. The zero-order valence-electron chi connectivity index (χ0n) is 9.70. The van der Waals surface area contributed by atoms with E-state index in [2.05, 4.69) is 36.7 Å². The SMILES string of the molecule is CCCC[C@@H](NCc1cccs1)[C@@H](C)N. The molecule has 0 saturated heterocycles. The van der Waals surface area contributed by atoms with Crippen molar-refractivity contribution >= 4 is 11.3 Å². The van der Waals surface area contributed by atoms with Crippen molar-refractivity contribution in [3.05, 3.63) is 22.4 Å². The Morgan fingerprint density at radius 3 is 2.87 bits per heavy atom. The van der Waals surface area contributed by atoms with Crippen molar-refractivity contribution < 1.29 is 0 Å². The van der Waals surface area contributed by atoms with Crippen LogP contribution in [0.2, 0.25) is 0 Å². The van der Waals surface area contributed by atoms with Crippen LogP contribution in [0.5, 0.6) is 0 Å². The lowest BCUT2D eigenvalue weighted by Gasteiger charge is -2.21. The first-order chi connectivity index (χ1) is 7.24. The molecule has 0 aromatic carbocycles. The lowest BCUT2D eigenvalue weighted by molar-refractivity contribution is 0.411. The van der Waals surface area contributed by atoms with Gasteiger partial charge in [-0.1, -0.05) is 25.8 Å². The maximum atomic E-state index is 5.96. The monoisotopic (exact) mass is 226 g/mol. The fourth-order valence-electron chi connectivity index (χ4n) is 1.62. The number of nitrogens with two attached hydrogens (primary N) is 1. The van der Waals surface area contributed by atoms with Crippen molar-refractivity contribution in [3.8, 4) is 0 Å². The van der Waals surface area contributed by atoms with E-state index in [4.69, 9.17) is 5.73 Å². The van der Waals surface area contributed by atoms with Crippen molar-refractivity contribution in [1.29, 1.82) is 0 Å². The summed E-state index contributed by atoms with van der Waals surface area (Å²) in [7, 11) is 0. The predicted molar refractivity (Wildman–Crippen MR) is 68.1 cm³/mol. The van der Waals surface area contributed by atoms with Gasteiger partial charge in [0.05, 0.1) is 0 Å². The molecule has 0 radical (unpaired) electrons. The molecule has 3 heteroatoms. The Morgan fingerprint density at radius 2 is 2.33 bits per heavy atom. The number of rotatable bonds is 7. The molecule has 1 heterocycles. The van der Waals surface area contributed by atoms with Crippen LogP contribution in [0.4, 0.5) is 0 Å². The molecule has 2 atom stereocenters. The van der Waals surface area contributed by atoms with Gasteiger partial charge in [0, 0.05) is 23.5 Å². The number of thiophene rings is 1. The third-order valence-electron chi connectivity index (χ3n) is 2.62. The molecular formula is C12H22N2S. The molecule has 0 fully saturated rings. The van der Waals surface area contributed by atoms with Crippen molar-refractivity contribution in [2.45, 2.75) is 51.7 Å². The maximum absolute atomic E-state index is 5.96. The lowest BCUT2D eigenvalue weighted by atomic mass is 10.0. The molecule has 0 aliphatic rings. The van der Waals surface area contributed by atoms with Crippen LogP contribution in [-0.4, -0.2) is 12.1 Å². The molecule has 0 unspecified atom stereocenters. The van der Waals surface area contributed by atoms with Gasteiger partial charge in [0.15, 0.2) is 0 Å². The van der Waals surface area contributed by atoms with E-state index in [0.29, 0.717) is 6.04 Å². The highest BCUT2D eigenvalue weighted by atomic mass is 32.1. The van der Waals surface area contributed by atoms with Gasteiger partial charge in [0.25, 0.3) is 0 Å². The average Bonchev–Trinajstić information content (AvgIpc) is 2.70. The Balaban J connectivity index is 2.31. The number of hydrogen-bond donors (Lipinski definition) is 2. The van der Waals surface area contributed by atoms with Gasteiger partial charge in [-0.05, 0) is 24.8 Å². The Bertz CT molecular complexity index is 244. The normalized spacial score (nSPS) is 15.1. The molecule has 0 bridgehead atoms. The van der Waals surface area contributed by atoms with Crippen molar-refractivity contribution in [2.24, 2.45) is 5.73 Å². The highest BCUT2D eigenvalue weighted by Crippen LogP contribution is 2.10. The van der Waals surface area contributed by atoms with E-state index >= 15 is 0 Å². The van der Waals surface area contributed by atoms with Crippen LogP contribution in [0.15, 0.2) is 17.5 Å². The molecule has 0 spiro atoms. The first-order valence-electron chi connectivity index (χ1n) is 5.75. The first kappa shape index (κ1) is 12.7. The molecule has 0 saturated carbocycles. The van der Waals surface area contributed by atoms with Crippen LogP contribution in [0.3, 0.4) is 0 Å². The minimum atomic E-state index is 0.233. The lowest BCUT2D eigenvalue weighted by Crippen LogP contribution is -2.42. The summed E-state index contributed by atoms with van der Waals surface area (Å²) in [5.41, 5.74) is 5.96. The Hall–Kier alpha value is -0.380.